The maximum absolute atomic E-state index is 9.83. The number of hydrogen-bond donors (Lipinski definition) is 2. The SMILES string of the molecule is Oc1oc(C=Nc2nc(SCc3c(Cl)cccc3Cl)n[nH]2)c2ccccc12. The molecular weight excluding hydrogens is 407 g/mol. The highest BCUT2D eigenvalue weighted by atomic mass is 35.5. The van der Waals surface area contributed by atoms with E-state index in [9.17, 15) is 5.11 Å². The number of nitrogens with zero attached hydrogens (tertiary/aromatic N) is 3. The van der Waals surface area contributed by atoms with Crippen LogP contribution >= 0.6 is 35.0 Å². The van der Waals surface area contributed by atoms with Crippen molar-refractivity contribution in [3.8, 4) is 5.95 Å². The minimum Gasteiger partial charge on any atom is -0.480 e. The van der Waals surface area contributed by atoms with Gasteiger partial charge in [0.15, 0.2) is 5.76 Å². The largest absolute Gasteiger partial charge is 0.480 e. The van der Waals surface area contributed by atoms with Crippen LogP contribution in [-0.2, 0) is 5.75 Å². The summed E-state index contributed by atoms with van der Waals surface area (Å²) in [5, 5.41) is 19.8. The van der Waals surface area contributed by atoms with Gasteiger partial charge in [0.2, 0.25) is 11.1 Å². The Balaban J connectivity index is 1.49. The van der Waals surface area contributed by atoms with Gasteiger partial charge in [-0.25, -0.2) is 10.1 Å². The number of halogens is 2. The van der Waals surface area contributed by atoms with Crippen molar-refractivity contribution in [1.82, 2.24) is 15.2 Å². The number of rotatable bonds is 5. The van der Waals surface area contributed by atoms with E-state index in [4.69, 9.17) is 27.6 Å². The number of aromatic amines is 1. The molecule has 0 aliphatic rings. The van der Waals surface area contributed by atoms with Crippen molar-refractivity contribution in [1.29, 1.82) is 0 Å². The average molecular weight is 419 g/mol. The fourth-order valence-electron chi connectivity index (χ4n) is 2.48. The Morgan fingerprint density at radius 1 is 1.11 bits per heavy atom. The highest BCUT2D eigenvalue weighted by Gasteiger charge is 2.11. The molecule has 136 valence electrons. The Kier molecular flexibility index (Phi) is 5.07. The molecule has 9 heteroatoms. The average Bonchev–Trinajstić information content (AvgIpc) is 3.24. The summed E-state index contributed by atoms with van der Waals surface area (Å²) in [6, 6.07) is 12.7. The van der Waals surface area contributed by atoms with E-state index in [0.29, 0.717) is 38.0 Å². The van der Waals surface area contributed by atoms with Gasteiger partial charge in [-0.2, -0.15) is 4.98 Å². The van der Waals surface area contributed by atoms with E-state index in [0.717, 1.165) is 10.9 Å². The second-order valence-corrected chi connectivity index (χ2v) is 7.26. The molecule has 0 amide bonds. The quantitative estimate of drug-likeness (QED) is 0.325. The predicted octanol–water partition coefficient (Wildman–Crippen LogP) is 5.61. The van der Waals surface area contributed by atoms with Gasteiger partial charge in [-0.15, -0.1) is 5.10 Å². The molecule has 4 rings (SSSR count). The number of aromatic nitrogens is 3. The van der Waals surface area contributed by atoms with Crippen molar-refractivity contribution in [3.05, 3.63) is 63.8 Å². The first-order valence-electron chi connectivity index (χ1n) is 7.84. The monoisotopic (exact) mass is 418 g/mol. The van der Waals surface area contributed by atoms with Crippen molar-refractivity contribution in [2.75, 3.05) is 0 Å². The molecular formula is C18H12Cl2N4O2S. The van der Waals surface area contributed by atoms with Crippen LogP contribution in [0.4, 0.5) is 5.95 Å². The third-order valence-corrected chi connectivity index (χ3v) is 5.38. The molecule has 27 heavy (non-hydrogen) atoms. The van der Waals surface area contributed by atoms with Crippen molar-refractivity contribution in [3.63, 3.8) is 0 Å². The molecule has 0 atom stereocenters. The first kappa shape index (κ1) is 17.9. The number of aromatic hydroxyl groups is 1. The summed E-state index contributed by atoms with van der Waals surface area (Å²) < 4.78 is 5.33. The molecule has 0 radical (unpaired) electrons. The van der Waals surface area contributed by atoms with Crippen LogP contribution in [-0.4, -0.2) is 26.5 Å². The van der Waals surface area contributed by atoms with Gasteiger partial charge in [0, 0.05) is 21.2 Å². The number of fused-ring (bicyclic) bond motifs is 1. The first-order valence-corrected chi connectivity index (χ1v) is 9.58. The second-order valence-electron chi connectivity index (χ2n) is 5.51. The summed E-state index contributed by atoms with van der Waals surface area (Å²) in [6.07, 6.45) is 1.49. The van der Waals surface area contributed by atoms with Gasteiger partial charge in [0.05, 0.1) is 11.6 Å². The number of nitrogens with one attached hydrogen (secondary N) is 1. The zero-order chi connectivity index (χ0) is 18.8. The van der Waals surface area contributed by atoms with Crippen molar-refractivity contribution < 1.29 is 9.52 Å². The Morgan fingerprint density at radius 3 is 2.63 bits per heavy atom. The van der Waals surface area contributed by atoms with Gasteiger partial charge >= 0.3 is 0 Å². The highest BCUT2D eigenvalue weighted by molar-refractivity contribution is 7.98. The molecule has 2 aromatic carbocycles. The number of aliphatic imine (C=N–C) groups is 1. The Morgan fingerprint density at radius 2 is 1.85 bits per heavy atom. The predicted molar refractivity (Wildman–Crippen MR) is 108 cm³/mol. The molecule has 2 heterocycles. The lowest BCUT2D eigenvalue weighted by molar-refractivity contribution is 0.336. The highest BCUT2D eigenvalue weighted by Crippen LogP contribution is 2.31. The minimum atomic E-state index is -0.141. The second kappa shape index (κ2) is 7.64. The zero-order valence-corrected chi connectivity index (χ0v) is 16.0. The van der Waals surface area contributed by atoms with Crippen LogP contribution in [0.15, 0.2) is 57.0 Å². The third kappa shape index (κ3) is 3.80. The van der Waals surface area contributed by atoms with Gasteiger partial charge in [-0.1, -0.05) is 59.2 Å². The summed E-state index contributed by atoms with van der Waals surface area (Å²) in [7, 11) is 0. The molecule has 2 N–H and O–H groups in total. The summed E-state index contributed by atoms with van der Waals surface area (Å²) in [5.74, 6) is 1.16. The van der Waals surface area contributed by atoms with Crippen LogP contribution < -0.4 is 0 Å². The zero-order valence-electron chi connectivity index (χ0n) is 13.7. The van der Waals surface area contributed by atoms with Crippen LogP contribution in [0, 0.1) is 0 Å². The van der Waals surface area contributed by atoms with Gasteiger partial charge in [-0.05, 0) is 23.8 Å². The van der Waals surface area contributed by atoms with E-state index < -0.39 is 0 Å². The lowest BCUT2D eigenvalue weighted by atomic mass is 10.2. The lowest BCUT2D eigenvalue weighted by Gasteiger charge is -2.04. The Bertz CT molecular complexity index is 1120. The minimum absolute atomic E-state index is 0.141. The van der Waals surface area contributed by atoms with E-state index in [1.54, 1.807) is 24.3 Å². The van der Waals surface area contributed by atoms with Crippen molar-refractivity contribution >= 4 is 57.9 Å². The number of furan rings is 1. The normalized spacial score (nSPS) is 11.6. The molecule has 0 saturated heterocycles. The van der Waals surface area contributed by atoms with Gasteiger partial charge in [0.25, 0.3) is 5.95 Å². The smallest absolute Gasteiger partial charge is 0.290 e. The lowest BCUT2D eigenvalue weighted by Crippen LogP contribution is -1.85. The van der Waals surface area contributed by atoms with E-state index in [2.05, 4.69) is 20.2 Å². The summed E-state index contributed by atoms with van der Waals surface area (Å²) in [4.78, 5) is 8.52. The van der Waals surface area contributed by atoms with Crippen molar-refractivity contribution in [2.45, 2.75) is 10.9 Å². The summed E-state index contributed by atoms with van der Waals surface area (Å²) >= 11 is 13.7. The molecule has 0 aliphatic heterocycles. The fourth-order valence-corrected chi connectivity index (χ4v) is 4.02. The molecule has 6 nitrogen and oxygen atoms in total. The van der Waals surface area contributed by atoms with Crippen LogP contribution in [0.3, 0.4) is 0 Å². The van der Waals surface area contributed by atoms with Crippen LogP contribution in [0.1, 0.15) is 11.3 Å². The number of hydrogen-bond acceptors (Lipinski definition) is 6. The molecule has 0 saturated carbocycles. The molecule has 0 fully saturated rings. The molecule has 0 bridgehead atoms. The summed E-state index contributed by atoms with van der Waals surface area (Å²) in [6.45, 7) is 0. The maximum Gasteiger partial charge on any atom is 0.290 e. The van der Waals surface area contributed by atoms with E-state index in [-0.39, 0.29) is 5.95 Å². The van der Waals surface area contributed by atoms with Gasteiger partial charge in [-0.3, -0.25) is 0 Å². The number of benzene rings is 2. The molecule has 0 spiro atoms. The molecule has 0 unspecified atom stereocenters. The molecule has 2 aromatic heterocycles. The fraction of sp³-hybridized carbons (Fsp3) is 0.0556. The van der Waals surface area contributed by atoms with Gasteiger partial charge < -0.3 is 9.52 Å². The van der Waals surface area contributed by atoms with E-state index in [1.165, 1.54) is 18.0 Å². The maximum atomic E-state index is 9.83. The standard InChI is InChI=1S/C18H12Cl2N4O2S/c19-13-6-3-7-14(20)12(13)9-27-18-22-17(23-24-18)21-8-15-10-4-1-2-5-11(10)16(25)26-15/h1-8,25H,9H2,(H,22,23,24). The third-order valence-electron chi connectivity index (χ3n) is 3.79. The van der Waals surface area contributed by atoms with Crippen LogP contribution in [0.5, 0.6) is 5.95 Å². The molecule has 4 aromatic rings. The Hall–Kier alpha value is -2.48. The first-order chi connectivity index (χ1) is 13.1. The topological polar surface area (TPSA) is 87.3 Å². The van der Waals surface area contributed by atoms with Crippen molar-refractivity contribution in [2.24, 2.45) is 4.99 Å². The number of H-pyrrole nitrogens is 1. The number of thioether (sulfide) groups is 1. The Labute approximate surface area is 168 Å². The van der Waals surface area contributed by atoms with E-state index >= 15 is 0 Å². The summed E-state index contributed by atoms with van der Waals surface area (Å²) in [5.41, 5.74) is 0.832. The van der Waals surface area contributed by atoms with E-state index in [1.807, 2.05) is 18.2 Å². The molecule has 0 aliphatic carbocycles. The van der Waals surface area contributed by atoms with Gasteiger partial charge in [0.1, 0.15) is 0 Å². The van der Waals surface area contributed by atoms with Crippen LogP contribution in [0.25, 0.3) is 10.8 Å². The van der Waals surface area contributed by atoms with Crippen LogP contribution in [0.2, 0.25) is 10.0 Å².